The molecular formula is C22H27N3O2S. The van der Waals surface area contributed by atoms with E-state index in [0.29, 0.717) is 23.5 Å². The minimum atomic E-state index is -0.258. The molecule has 1 aromatic rings. The Labute approximate surface area is 171 Å². The molecule has 2 amide bonds. The first-order valence-corrected chi connectivity index (χ1v) is 10.4. The van der Waals surface area contributed by atoms with Gasteiger partial charge in [-0.25, -0.2) is 0 Å². The predicted octanol–water partition coefficient (Wildman–Crippen LogP) is 3.04. The van der Waals surface area contributed by atoms with Gasteiger partial charge in [0.2, 0.25) is 0 Å². The fourth-order valence-electron chi connectivity index (χ4n) is 5.27. The number of nitrogens with one attached hydrogen (secondary N) is 2. The van der Waals surface area contributed by atoms with Crippen LogP contribution in [0.5, 0.6) is 0 Å². The zero-order chi connectivity index (χ0) is 20.0. The number of allylic oxidation sites excluding steroid dienone is 2. The number of hydrogen-bond acceptors (Lipinski definition) is 3. The molecule has 4 aliphatic rings. The van der Waals surface area contributed by atoms with Crippen LogP contribution in [0.4, 0.5) is 0 Å². The van der Waals surface area contributed by atoms with Gasteiger partial charge in [0.15, 0.2) is 5.11 Å². The largest absolute Gasteiger partial charge is 0.357 e. The number of hydrazine groups is 1. The average molecular weight is 398 g/mol. The summed E-state index contributed by atoms with van der Waals surface area (Å²) in [5.74, 6) is 0.479. The Hall–Kier alpha value is -2.21. The van der Waals surface area contributed by atoms with Crippen molar-refractivity contribution in [2.24, 2.45) is 35.5 Å². The van der Waals surface area contributed by atoms with Crippen LogP contribution >= 0.6 is 12.2 Å². The number of imide groups is 1. The molecule has 28 heavy (non-hydrogen) atoms. The summed E-state index contributed by atoms with van der Waals surface area (Å²) >= 11 is 5.34. The number of hydrogen-bond donors (Lipinski definition) is 2. The zero-order valence-corrected chi connectivity index (χ0v) is 17.3. The van der Waals surface area contributed by atoms with Crippen LogP contribution in [-0.2, 0) is 16.1 Å². The lowest BCUT2D eigenvalue weighted by atomic mass is 9.54. The molecule has 0 aromatic heterocycles. The van der Waals surface area contributed by atoms with Gasteiger partial charge in [-0.3, -0.25) is 15.0 Å². The Morgan fingerprint density at radius 1 is 1.18 bits per heavy atom. The second-order valence-electron chi connectivity index (χ2n) is 8.58. The monoisotopic (exact) mass is 397 g/mol. The summed E-state index contributed by atoms with van der Waals surface area (Å²) in [4.78, 5) is 26.3. The first-order chi connectivity index (χ1) is 13.4. The van der Waals surface area contributed by atoms with Crippen molar-refractivity contribution in [2.75, 3.05) is 0 Å². The minimum Gasteiger partial charge on any atom is -0.357 e. The van der Waals surface area contributed by atoms with E-state index in [1.807, 2.05) is 30.3 Å². The van der Waals surface area contributed by atoms with E-state index in [1.54, 1.807) is 0 Å². The molecule has 148 valence electrons. The first kappa shape index (κ1) is 19.1. The molecule has 5 nitrogen and oxygen atoms in total. The molecular weight excluding hydrogens is 370 g/mol. The Bertz CT molecular complexity index is 835. The number of nitrogens with zero attached hydrogens (tertiary/aromatic N) is 1. The van der Waals surface area contributed by atoms with Crippen LogP contribution in [0.3, 0.4) is 0 Å². The molecule has 0 radical (unpaired) electrons. The molecule has 1 aliphatic heterocycles. The maximum absolute atomic E-state index is 13.2. The number of thiocarbonyl (C=S) groups is 1. The summed E-state index contributed by atoms with van der Waals surface area (Å²) in [5, 5.41) is 4.55. The normalized spacial score (nSPS) is 31.1. The molecule has 1 aromatic carbocycles. The Morgan fingerprint density at radius 3 is 2.54 bits per heavy atom. The molecule has 1 saturated carbocycles. The van der Waals surface area contributed by atoms with Gasteiger partial charge >= 0.3 is 0 Å². The van der Waals surface area contributed by atoms with Crippen molar-refractivity contribution in [2.45, 2.75) is 33.7 Å². The van der Waals surface area contributed by atoms with Crippen molar-refractivity contribution in [1.29, 1.82) is 0 Å². The van der Waals surface area contributed by atoms with Crippen LogP contribution < -0.4 is 10.7 Å². The smallest absolute Gasteiger partial charge is 0.252 e. The molecule has 3 aliphatic carbocycles. The van der Waals surface area contributed by atoms with Crippen LogP contribution in [-0.4, -0.2) is 21.9 Å². The number of rotatable bonds is 4. The van der Waals surface area contributed by atoms with Gasteiger partial charge in [0, 0.05) is 6.54 Å². The number of amides is 2. The maximum atomic E-state index is 13.2. The molecule has 2 N–H and O–H groups in total. The highest BCUT2D eigenvalue weighted by Gasteiger charge is 2.61. The van der Waals surface area contributed by atoms with E-state index in [1.165, 1.54) is 10.6 Å². The van der Waals surface area contributed by atoms with Crippen LogP contribution in [0.15, 0.2) is 42.0 Å². The molecule has 2 unspecified atom stereocenters. The Kier molecular flexibility index (Phi) is 5.00. The Morgan fingerprint density at radius 2 is 1.86 bits per heavy atom. The summed E-state index contributed by atoms with van der Waals surface area (Å²) in [6.07, 6.45) is 3.25. The zero-order valence-electron chi connectivity index (χ0n) is 16.5. The molecule has 5 atom stereocenters. The van der Waals surface area contributed by atoms with Gasteiger partial charge in [-0.1, -0.05) is 55.8 Å². The van der Waals surface area contributed by atoms with Crippen molar-refractivity contribution in [3.05, 3.63) is 47.5 Å². The number of carbonyl (C=O) groups is 2. The lowest BCUT2D eigenvalue weighted by Gasteiger charge is -2.48. The first-order valence-electron chi connectivity index (χ1n) is 10.0. The van der Waals surface area contributed by atoms with E-state index in [0.717, 1.165) is 12.0 Å². The van der Waals surface area contributed by atoms with Crippen molar-refractivity contribution in [3.63, 3.8) is 0 Å². The van der Waals surface area contributed by atoms with Crippen LogP contribution in [0.2, 0.25) is 0 Å². The third-order valence-corrected chi connectivity index (χ3v) is 6.91. The highest BCUT2D eigenvalue weighted by atomic mass is 32.1. The Balaban J connectivity index is 1.47. The number of fused-ring (bicyclic) bond motifs is 1. The average Bonchev–Trinajstić information content (AvgIpc) is 2.93. The van der Waals surface area contributed by atoms with E-state index in [4.69, 9.17) is 12.2 Å². The fourth-order valence-corrected chi connectivity index (χ4v) is 5.44. The van der Waals surface area contributed by atoms with Crippen LogP contribution in [0, 0.1) is 35.5 Å². The second kappa shape index (κ2) is 7.32. The van der Waals surface area contributed by atoms with E-state index in [2.05, 4.69) is 37.6 Å². The molecule has 0 spiro atoms. The SMILES string of the molecule is CC1=C[C@@H]2C3C(=O)N(NC(=S)NCc4ccccc4)C(=O)C3[C@H]1C[C@@H]2C(C)C. The molecule has 6 heteroatoms. The summed E-state index contributed by atoms with van der Waals surface area (Å²) < 4.78 is 0. The van der Waals surface area contributed by atoms with Gasteiger partial charge in [-0.2, -0.15) is 5.01 Å². The molecule has 2 bridgehead atoms. The van der Waals surface area contributed by atoms with Crippen molar-refractivity contribution in [3.8, 4) is 0 Å². The van der Waals surface area contributed by atoms with Gasteiger partial charge in [0.25, 0.3) is 11.8 Å². The third kappa shape index (κ3) is 3.13. The van der Waals surface area contributed by atoms with E-state index in [9.17, 15) is 9.59 Å². The minimum absolute atomic E-state index is 0.136. The summed E-state index contributed by atoms with van der Waals surface area (Å²) in [6.45, 7) is 7.06. The van der Waals surface area contributed by atoms with Crippen LogP contribution in [0.1, 0.15) is 32.8 Å². The number of benzene rings is 1. The van der Waals surface area contributed by atoms with Gasteiger partial charge in [-0.05, 0) is 54.8 Å². The quantitative estimate of drug-likeness (QED) is 0.465. The number of carbonyl (C=O) groups excluding carboxylic acids is 2. The molecule has 2 fully saturated rings. The highest BCUT2D eigenvalue weighted by Crippen LogP contribution is 2.55. The molecule has 1 saturated heterocycles. The molecule has 1 heterocycles. The van der Waals surface area contributed by atoms with Crippen LogP contribution in [0.25, 0.3) is 0 Å². The maximum Gasteiger partial charge on any atom is 0.252 e. The predicted molar refractivity (Wildman–Crippen MR) is 112 cm³/mol. The van der Waals surface area contributed by atoms with Crippen molar-refractivity contribution < 1.29 is 9.59 Å². The van der Waals surface area contributed by atoms with Gasteiger partial charge < -0.3 is 5.32 Å². The summed E-state index contributed by atoms with van der Waals surface area (Å²) in [7, 11) is 0. The van der Waals surface area contributed by atoms with Crippen molar-refractivity contribution in [1.82, 2.24) is 15.8 Å². The summed E-state index contributed by atoms with van der Waals surface area (Å²) in [5.41, 5.74) is 5.20. The van der Waals surface area contributed by atoms with E-state index in [-0.39, 0.29) is 35.5 Å². The third-order valence-electron chi connectivity index (χ3n) is 6.67. The molecule has 5 rings (SSSR count). The topological polar surface area (TPSA) is 61.4 Å². The lowest BCUT2D eigenvalue weighted by Crippen LogP contribution is -2.50. The van der Waals surface area contributed by atoms with Crippen molar-refractivity contribution >= 4 is 29.1 Å². The van der Waals surface area contributed by atoms with Gasteiger partial charge in [-0.15, -0.1) is 0 Å². The second-order valence-corrected chi connectivity index (χ2v) is 8.99. The summed E-state index contributed by atoms with van der Waals surface area (Å²) in [6, 6.07) is 9.87. The lowest BCUT2D eigenvalue weighted by molar-refractivity contribution is -0.142. The van der Waals surface area contributed by atoms with Gasteiger partial charge in [0.05, 0.1) is 11.8 Å². The highest BCUT2D eigenvalue weighted by molar-refractivity contribution is 7.80. The van der Waals surface area contributed by atoms with E-state index < -0.39 is 0 Å². The van der Waals surface area contributed by atoms with E-state index >= 15 is 0 Å². The van der Waals surface area contributed by atoms with Gasteiger partial charge in [0.1, 0.15) is 0 Å². The standard InChI is InChI=1S/C22H27N3O2S/c1-12(2)15-10-16-13(3)9-17(15)19-18(16)20(26)25(21(19)27)24-22(28)23-11-14-7-5-4-6-8-14/h4-9,12,15-19H,10-11H2,1-3H3,(H2,23,24,28)/t15-,16+,17+,18?,19?/m1/s1. The fraction of sp³-hybridized carbons (Fsp3) is 0.500.